The van der Waals surface area contributed by atoms with Gasteiger partial charge >= 0.3 is 17.6 Å². The molecular formula is C46H42N4O8. The SMILES string of the molecule is O=C(NCc1ccc(C2O[C@H](CN3CCC(n4c(=O)[nH]c5ccccc54)CC3)[C@@H](c3ccccc3)[C@H](c3ccc(CO)cc3)O2)cc1)c1ccc2c(c1)C(=O)OC2=O. The lowest BCUT2D eigenvalue weighted by atomic mass is 9.83. The highest BCUT2D eigenvalue weighted by atomic mass is 16.7. The summed E-state index contributed by atoms with van der Waals surface area (Å²) in [5.74, 6) is -2.02. The first kappa shape index (κ1) is 37.4. The highest BCUT2D eigenvalue weighted by Gasteiger charge is 2.43. The summed E-state index contributed by atoms with van der Waals surface area (Å²) in [6.45, 7) is 2.42. The van der Waals surface area contributed by atoms with Crippen molar-refractivity contribution in [1.29, 1.82) is 0 Å². The van der Waals surface area contributed by atoms with Crippen LogP contribution in [0.2, 0.25) is 0 Å². The first-order chi connectivity index (χ1) is 28.3. The number of nitrogens with zero attached hydrogens (tertiary/aromatic N) is 2. The quantitative estimate of drug-likeness (QED) is 0.107. The molecule has 5 aromatic carbocycles. The number of hydrogen-bond acceptors (Lipinski definition) is 9. The number of rotatable bonds is 10. The van der Waals surface area contributed by atoms with Gasteiger partial charge in [-0.3, -0.25) is 9.36 Å². The number of cyclic esters (lactones) is 2. The van der Waals surface area contributed by atoms with E-state index in [1.165, 1.54) is 18.2 Å². The number of carbonyl (C=O) groups is 3. The van der Waals surface area contributed by atoms with Crippen LogP contribution in [0.5, 0.6) is 0 Å². The molecule has 1 unspecified atom stereocenters. The number of carbonyl (C=O) groups excluding carboxylic acids is 3. The van der Waals surface area contributed by atoms with Crippen LogP contribution in [0.1, 0.15) is 96.1 Å². The molecule has 0 spiro atoms. The molecule has 0 radical (unpaired) electrons. The number of amides is 1. The van der Waals surface area contributed by atoms with Crippen LogP contribution in [0.25, 0.3) is 11.0 Å². The summed E-state index contributed by atoms with van der Waals surface area (Å²) in [5, 5.41) is 12.7. The molecule has 0 bridgehead atoms. The molecule has 0 saturated carbocycles. The van der Waals surface area contributed by atoms with Gasteiger partial charge in [-0.1, -0.05) is 91.0 Å². The van der Waals surface area contributed by atoms with Gasteiger partial charge in [0.05, 0.1) is 41.0 Å². The zero-order valence-corrected chi connectivity index (χ0v) is 31.6. The van der Waals surface area contributed by atoms with Gasteiger partial charge in [-0.15, -0.1) is 0 Å². The van der Waals surface area contributed by atoms with Crippen molar-refractivity contribution in [3.63, 3.8) is 0 Å². The summed E-state index contributed by atoms with van der Waals surface area (Å²) < 4.78 is 20.4. The topological polar surface area (TPSA) is 152 Å². The molecule has 2 saturated heterocycles. The molecule has 9 rings (SSSR count). The van der Waals surface area contributed by atoms with E-state index in [1.54, 1.807) is 0 Å². The minimum Gasteiger partial charge on any atom is -0.392 e. The Morgan fingerprint density at radius 1 is 0.741 bits per heavy atom. The summed E-state index contributed by atoms with van der Waals surface area (Å²) in [6.07, 6.45) is 0.308. The highest BCUT2D eigenvalue weighted by molar-refractivity contribution is 6.15. The lowest BCUT2D eigenvalue weighted by Crippen LogP contribution is -2.47. The fourth-order valence-corrected chi connectivity index (χ4v) is 8.52. The van der Waals surface area contributed by atoms with Crippen molar-refractivity contribution in [2.75, 3.05) is 19.6 Å². The Balaban J connectivity index is 0.948. The van der Waals surface area contributed by atoms with Crippen LogP contribution in [0.4, 0.5) is 0 Å². The van der Waals surface area contributed by atoms with E-state index in [4.69, 9.17) is 9.47 Å². The number of H-pyrrole nitrogens is 1. The molecule has 3 aliphatic heterocycles. The summed E-state index contributed by atoms with van der Waals surface area (Å²) in [5.41, 5.74) is 6.74. The fraction of sp³-hybridized carbons (Fsp3) is 0.261. The smallest absolute Gasteiger partial charge is 0.346 e. The maximum Gasteiger partial charge on any atom is 0.346 e. The second kappa shape index (κ2) is 16.0. The number of hydrogen-bond donors (Lipinski definition) is 3. The number of fused-ring (bicyclic) bond motifs is 2. The van der Waals surface area contributed by atoms with E-state index < -0.39 is 18.2 Å². The summed E-state index contributed by atoms with van der Waals surface area (Å²) in [7, 11) is 0. The van der Waals surface area contributed by atoms with Crippen LogP contribution in [0, 0.1) is 0 Å². The molecule has 4 heterocycles. The number of aliphatic hydroxyl groups is 1. The molecule has 294 valence electrons. The van der Waals surface area contributed by atoms with Crippen molar-refractivity contribution < 1.29 is 33.7 Å². The lowest BCUT2D eigenvalue weighted by Gasteiger charge is -2.45. The Morgan fingerprint density at radius 2 is 1.43 bits per heavy atom. The van der Waals surface area contributed by atoms with E-state index >= 15 is 0 Å². The number of esters is 2. The fourth-order valence-electron chi connectivity index (χ4n) is 8.52. The van der Waals surface area contributed by atoms with Gasteiger partial charge in [0.15, 0.2) is 6.29 Å². The average molecular weight is 779 g/mol. The molecule has 2 fully saturated rings. The molecule has 3 N–H and O–H groups in total. The van der Waals surface area contributed by atoms with Crippen molar-refractivity contribution in [2.24, 2.45) is 0 Å². The number of imidazole rings is 1. The summed E-state index contributed by atoms with van der Waals surface area (Å²) in [4.78, 5) is 55.3. The molecule has 1 aromatic heterocycles. The normalized spacial score (nSPS) is 21.2. The number of aromatic amines is 1. The van der Waals surface area contributed by atoms with Crippen LogP contribution < -0.4 is 11.0 Å². The zero-order chi connectivity index (χ0) is 39.8. The Labute approximate surface area is 334 Å². The lowest BCUT2D eigenvalue weighted by molar-refractivity contribution is -0.264. The number of nitrogens with one attached hydrogen (secondary N) is 2. The maximum absolute atomic E-state index is 13.0. The first-order valence-corrected chi connectivity index (χ1v) is 19.6. The Morgan fingerprint density at radius 3 is 2.19 bits per heavy atom. The van der Waals surface area contributed by atoms with Crippen LogP contribution in [0.15, 0.2) is 126 Å². The van der Waals surface area contributed by atoms with E-state index in [0.717, 1.165) is 64.8 Å². The number of aliphatic hydroxyl groups excluding tert-OH is 1. The number of aromatic nitrogens is 2. The van der Waals surface area contributed by atoms with Gasteiger partial charge in [0.2, 0.25) is 0 Å². The third-order valence-electron chi connectivity index (χ3n) is 11.6. The average Bonchev–Trinajstić information content (AvgIpc) is 3.76. The van der Waals surface area contributed by atoms with Gasteiger partial charge in [-0.25, -0.2) is 14.4 Å². The highest BCUT2D eigenvalue weighted by Crippen LogP contribution is 2.47. The largest absolute Gasteiger partial charge is 0.392 e. The number of benzene rings is 5. The Hall–Kier alpha value is -6.18. The molecular weight excluding hydrogens is 737 g/mol. The predicted molar refractivity (Wildman–Crippen MR) is 214 cm³/mol. The second-order valence-electron chi connectivity index (χ2n) is 15.1. The monoisotopic (exact) mass is 778 g/mol. The van der Waals surface area contributed by atoms with Gasteiger partial charge in [-0.2, -0.15) is 0 Å². The third-order valence-corrected chi connectivity index (χ3v) is 11.6. The molecule has 3 aliphatic rings. The van der Waals surface area contributed by atoms with Crippen LogP contribution in [-0.2, 0) is 27.4 Å². The second-order valence-corrected chi connectivity index (χ2v) is 15.1. The van der Waals surface area contributed by atoms with Gasteiger partial charge < -0.3 is 34.5 Å². The zero-order valence-electron chi connectivity index (χ0n) is 31.6. The maximum atomic E-state index is 13.0. The Kier molecular flexibility index (Phi) is 10.3. The van der Waals surface area contributed by atoms with Crippen LogP contribution in [0.3, 0.4) is 0 Å². The van der Waals surface area contributed by atoms with E-state index in [9.17, 15) is 24.3 Å². The van der Waals surface area contributed by atoms with Crippen LogP contribution in [-0.4, -0.2) is 63.1 Å². The van der Waals surface area contributed by atoms with Gasteiger partial charge in [0, 0.05) is 49.3 Å². The summed E-state index contributed by atoms with van der Waals surface area (Å²) >= 11 is 0. The molecule has 1 amide bonds. The minimum atomic E-state index is -0.761. The van der Waals surface area contributed by atoms with Gasteiger partial charge in [-0.05, 0) is 65.4 Å². The van der Waals surface area contributed by atoms with Crippen molar-refractivity contribution in [3.05, 3.63) is 176 Å². The number of likely N-dealkylation sites (tertiary alicyclic amines) is 1. The van der Waals surface area contributed by atoms with E-state index in [-0.39, 0.29) is 65.6 Å². The Bertz CT molecular complexity index is 2520. The number of ether oxygens (including phenoxy) is 3. The molecule has 12 nitrogen and oxygen atoms in total. The molecule has 58 heavy (non-hydrogen) atoms. The van der Waals surface area contributed by atoms with Crippen LogP contribution >= 0.6 is 0 Å². The molecule has 0 aliphatic carbocycles. The van der Waals surface area contributed by atoms with E-state index in [2.05, 4.69) is 32.1 Å². The third kappa shape index (κ3) is 7.38. The van der Waals surface area contributed by atoms with Crippen molar-refractivity contribution in [3.8, 4) is 0 Å². The molecule has 12 heteroatoms. The van der Waals surface area contributed by atoms with Gasteiger partial charge in [0.25, 0.3) is 5.91 Å². The summed E-state index contributed by atoms with van der Waals surface area (Å²) in [6, 6.07) is 38.1. The first-order valence-electron chi connectivity index (χ1n) is 19.6. The molecule has 4 atom stereocenters. The van der Waals surface area contributed by atoms with Gasteiger partial charge in [0.1, 0.15) is 0 Å². The van der Waals surface area contributed by atoms with E-state index in [1.807, 2.05) is 95.6 Å². The standard InChI is InChI=1S/C46H42N4O8/c51-27-29-12-14-31(15-13-29)41-40(30-6-2-1-3-7-30)39(26-49-22-20-34(21-23-49)50-38-9-5-4-8-37(38)48-46(50)55)56-45(57-41)32-16-10-28(11-17-32)25-47-42(52)33-18-19-35-36(24-33)44(54)58-43(35)53/h1-19,24,34,39-41,45,51H,20-23,25-27H2,(H,47,52)(H,48,55)/t39-,40-,41+,45?/m1/s1. The van der Waals surface area contributed by atoms with Crippen molar-refractivity contribution in [1.82, 2.24) is 19.8 Å². The van der Waals surface area contributed by atoms with E-state index in [0.29, 0.717) is 6.54 Å². The number of piperidine rings is 1. The number of para-hydroxylation sites is 2. The minimum absolute atomic E-state index is 0.0569. The predicted octanol–water partition coefficient (Wildman–Crippen LogP) is 6.34. The molecule has 6 aromatic rings. The van der Waals surface area contributed by atoms with Crippen molar-refractivity contribution >= 4 is 28.9 Å². The van der Waals surface area contributed by atoms with Crippen molar-refractivity contribution in [2.45, 2.75) is 56.5 Å².